The molecule has 4 rings (SSSR count). The fourth-order valence-electron chi connectivity index (χ4n) is 3.66. The van der Waals surface area contributed by atoms with E-state index >= 15 is 0 Å². The average Bonchev–Trinajstić information content (AvgIpc) is 3.15. The molecule has 2 aromatic heterocycles. The van der Waals surface area contributed by atoms with Gasteiger partial charge in [-0.2, -0.15) is 0 Å². The first-order valence-corrected chi connectivity index (χ1v) is 21.2. The molecule has 5 nitrogen and oxygen atoms in total. The van der Waals surface area contributed by atoms with Gasteiger partial charge in [-0.3, -0.25) is 0 Å². The van der Waals surface area contributed by atoms with Crippen LogP contribution in [0.4, 0.5) is 4.39 Å². The van der Waals surface area contributed by atoms with E-state index in [1.807, 2.05) is 6.07 Å². The first-order valence-electron chi connectivity index (χ1n) is 9.80. The Kier molecular flexibility index (Phi) is 5.59. The summed E-state index contributed by atoms with van der Waals surface area (Å²) >= 11 is -2.96. The molecular formula is C23H23FN2O3SSn. The van der Waals surface area contributed by atoms with Crippen molar-refractivity contribution in [2.24, 2.45) is 0 Å². The van der Waals surface area contributed by atoms with Gasteiger partial charge in [0.25, 0.3) is 0 Å². The van der Waals surface area contributed by atoms with Gasteiger partial charge in [0.05, 0.1) is 0 Å². The Balaban J connectivity index is 2.10. The van der Waals surface area contributed by atoms with E-state index in [-0.39, 0.29) is 4.90 Å². The maximum absolute atomic E-state index is 14.1. The minimum absolute atomic E-state index is 0.208. The van der Waals surface area contributed by atoms with Crippen LogP contribution in [0.15, 0.2) is 71.8 Å². The van der Waals surface area contributed by atoms with Crippen LogP contribution in [0.3, 0.4) is 0 Å². The summed E-state index contributed by atoms with van der Waals surface area (Å²) in [5.74, 6) is 0.112. The van der Waals surface area contributed by atoms with Crippen LogP contribution in [0.5, 0.6) is 5.75 Å². The molecule has 0 saturated carbocycles. The summed E-state index contributed by atoms with van der Waals surface area (Å²) in [7, 11) is -2.33. The Morgan fingerprint density at radius 2 is 1.68 bits per heavy atom. The molecule has 0 aliphatic carbocycles. The normalized spacial score (nSPS) is 12.3. The number of methoxy groups -OCH3 is 1. The predicted molar refractivity (Wildman–Crippen MR) is 124 cm³/mol. The average molecular weight is 545 g/mol. The van der Waals surface area contributed by atoms with Gasteiger partial charge in [0.15, 0.2) is 0 Å². The molecule has 2 aromatic carbocycles. The molecule has 0 saturated heterocycles. The molecule has 2 heterocycles. The third-order valence-electron chi connectivity index (χ3n) is 5.16. The molecule has 0 aliphatic heterocycles. The zero-order chi connectivity index (χ0) is 22.4. The van der Waals surface area contributed by atoms with Gasteiger partial charge >= 0.3 is 186 Å². The second-order valence-electron chi connectivity index (χ2n) is 8.30. The molecule has 31 heavy (non-hydrogen) atoms. The Hall–Kier alpha value is -2.39. The monoisotopic (exact) mass is 546 g/mol. The van der Waals surface area contributed by atoms with Crippen molar-refractivity contribution in [3.05, 3.63) is 72.7 Å². The van der Waals surface area contributed by atoms with E-state index in [9.17, 15) is 12.8 Å². The zero-order valence-corrected chi connectivity index (χ0v) is 21.4. The first kappa shape index (κ1) is 21.8. The van der Waals surface area contributed by atoms with Gasteiger partial charge < -0.3 is 0 Å². The summed E-state index contributed by atoms with van der Waals surface area (Å²) in [5.41, 5.74) is 1.58. The quantitative estimate of drug-likeness (QED) is 0.344. The Morgan fingerprint density at radius 3 is 2.32 bits per heavy atom. The number of nitrogens with zero attached hydrogens (tertiary/aromatic N) is 2. The van der Waals surface area contributed by atoms with E-state index in [2.05, 4.69) is 19.8 Å². The van der Waals surface area contributed by atoms with Crippen molar-refractivity contribution in [1.82, 2.24) is 8.96 Å². The number of ether oxygens (including phenoxy) is 1. The van der Waals surface area contributed by atoms with Crippen LogP contribution >= 0.6 is 0 Å². The van der Waals surface area contributed by atoms with Crippen LogP contribution in [0.2, 0.25) is 14.8 Å². The summed E-state index contributed by atoms with van der Waals surface area (Å²) in [6.07, 6.45) is 1.56. The number of benzene rings is 2. The number of hydrogen-bond acceptors (Lipinski definition) is 4. The van der Waals surface area contributed by atoms with E-state index < -0.39 is 34.2 Å². The molecule has 8 heteroatoms. The maximum atomic E-state index is 14.1. The van der Waals surface area contributed by atoms with Crippen molar-refractivity contribution < 1.29 is 17.5 Å². The molecule has 0 fully saturated rings. The topological polar surface area (TPSA) is 61.2 Å². The Bertz CT molecular complexity index is 1380. The number of fused-ring (bicyclic) bond motifs is 1. The van der Waals surface area contributed by atoms with Crippen LogP contribution in [0.1, 0.15) is 0 Å². The Morgan fingerprint density at radius 1 is 0.968 bits per heavy atom. The van der Waals surface area contributed by atoms with Crippen LogP contribution in [-0.4, -0.2) is 42.9 Å². The van der Waals surface area contributed by atoms with Crippen molar-refractivity contribution in [3.63, 3.8) is 0 Å². The molecule has 4 aromatic rings. The van der Waals surface area contributed by atoms with Gasteiger partial charge in [0.1, 0.15) is 0 Å². The van der Waals surface area contributed by atoms with Crippen LogP contribution in [0, 0.1) is 5.82 Å². The SMILES string of the molecule is COc1ccc(F)cc1-c1ccnc2c1c[c]([Sn]([CH3])([CH3])[CH3])n2S(=O)(=O)c1ccccc1. The van der Waals surface area contributed by atoms with Gasteiger partial charge in [0.2, 0.25) is 0 Å². The van der Waals surface area contributed by atoms with E-state index in [0.717, 1.165) is 3.71 Å². The number of pyridine rings is 1. The Labute approximate surface area is 185 Å². The fraction of sp³-hybridized carbons (Fsp3) is 0.174. The third-order valence-corrected chi connectivity index (χ3v) is 12.8. The molecule has 0 atom stereocenters. The molecule has 160 valence electrons. The van der Waals surface area contributed by atoms with Crippen molar-refractivity contribution in [1.29, 1.82) is 0 Å². The van der Waals surface area contributed by atoms with E-state index in [1.54, 1.807) is 48.7 Å². The molecule has 0 bridgehead atoms. The van der Waals surface area contributed by atoms with Gasteiger partial charge in [0, 0.05) is 0 Å². The van der Waals surface area contributed by atoms with Crippen molar-refractivity contribution >= 4 is 43.1 Å². The first-order chi connectivity index (χ1) is 14.6. The molecule has 0 amide bonds. The number of aromatic nitrogens is 2. The van der Waals surface area contributed by atoms with Gasteiger partial charge in [-0.1, -0.05) is 0 Å². The molecule has 0 aliphatic rings. The van der Waals surface area contributed by atoms with Crippen molar-refractivity contribution in [2.75, 3.05) is 7.11 Å². The second kappa shape index (κ2) is 7.94. The zero-order valence-electron chi connectivity index (χ0n) is 17.8. The predicted octanol–water partition coefficient (Wildman–Crippen LogP) is 4.63. The summed E-state index contributed by atoms with van der Waals surface area (Å²) < 4.78 is 49.1. The number of hydrogen-bond donors (Lipinski definition) is 0. The molecular weight excluding hydrogens is 522 g/mol. The molecule has 0 radical (unpaired) electrons. The van der Waals surface area contributed by atoms with Crippen LogP contribution in [0.25, 0.3) is 22.2 Å². The number of rotatable bonds is 5. The van der Waals surface area contributed by atoms with Crippen LogP contribution in [-0.2, 0) is 10.0 Å². The minimum atomic E-state index is -3.86. The second-order valence-corrected chi connectivity index (χ2v) is 24.4. The summed E-state index contributed by atoms with van der Waals surface area (Å²) in [6.45, 7) is 0. The summed E-state index contributed by atoms with van der Waals surface area (Å²) in [5, 5.41) is 0.660. The van der Waals surface area contributed by atoms with Gasteiger partial charge in [-0.15, -0.1) is 0 Å². The molecule has 0 N–H and O–H groups in total. The molecule has 0 spiro atoms. The van der Waals surface area contributed by atoms with E-state index in [4.69, 9.17) is 4.74 Å². The van der Waals surface area contributed by atoms with Crippen molar-refractivity contribution in [2.45, 2.75) is 19.7 Å². The van der Waals surface area contributed by atoms with Gasteiger partial charge in [-0.05, 0) is 0 Å². The number of halogens is 1. The third kappa shape index (κ3) is 3.85. The van der Waals surface area contributed by atoms with Crippen LogP contribution < -0.4 is 8.45 Å². The van der Waals surface area contributed by atoms with E-state index in [1.165, 1.54) is 23.2 Å². The fourth-order valence-corrected chi connectivity index (χ4v) is 11.6. The van der Waals surface area contributed by atoms with Gasteiger partial charge in [-0.25, -0.2) is 0 Å². The van der Waals surface area contributed by atoms with E-state index in [0.29, 0.717) is 27.9 Å². The summed E-state index contributed by atoms with van der Waals surface area (Å²) in [6, 6.07) is 16.3. The summed E-state index contributed by atoms with van der Waals surface area (Å²) in [4.78, 5) is 11.1. The van der Waals surface area contributed by atoms with Crippen molar-refractivity contribution in [3.8, 4) is 16.9 Å². The standard InChI is InChI=1S/C20H14FN2O3S.3CH3.Sn/c1-26-19-8-7-14(21)13-18(19)16-9-11-22-20-17(16)10-12-23(20)27(24,25)15-5-3-2-4-6-15;;;;/h2-11,13H,1H3;3*1H3;. The molecule has 0 unspecified atom stereocenters.